The first kappa shape index (κ1) is 20.6. The normalized spacial score (nSPS) is 21.2. The van der Waals surface area contributed by atoms with Gasteiger partial charge in [0.1, 0.15) is 0 Å². The van der Waals surface area contributed by atoms with Crippen molar-refractivity contribution in [3.8, 4) is 0 Å². The average molecular weight is 382 g/mol. The van der Waals surface area contributed by atoms with Crippen molar-refractivity contribution < 1.29 is 9.53 Å². The van der Waals surface area contributed by atoms with Crippen LogP contribution in [0.1, 0.15) is 36.6 Å². The maximum atomic E-state index is 12.5. The lowest BCUT2D eigenvalue weighted by Gasteiger charge is -2.35. The van der Waals surface area contributed by atoms with Gasteiger partial charge in [0, 0.05) is 43.8 Å². The fourth-order valence-corrected chi connectivity index (χ4v) is 4.08. The number of aromatic nitrogens is 1. The van der Waals surface area contributed by atoms with Crippen molar-refractivity contribution >= 4 is 42.1 Å². The van der Waals surface area contributed by atoms with Gasteiger partial charge in [-0.25, -0.2) is 4.98 Å². The van der Waals surface area contributed by atoms with E-state index < -0.39 is 0 Å². The molecule has 0 saturated carbocycles. The third kappa shape index (κ3) is 5.03. The number of thiazole rings is 1. The molecule has 1 aromatic heterocycles. The second-order valence-electron chi connectivity index (χ2n) is 5.95. The molecule has 0 aromatic carbocycles. The van der Waals surface area contributed by atoms with Gasteiger partial charge in [-0.2, -0.15) is 0 Å². The lowest BCUT2D eigenvalue weighted by Crippen LogP contribution is -2.51. The van der Waals surface area contributed by atoms with Crippen LogP contribution in [0.15, 0.2) is 11.6 Å². The van der Waals surface area contributed by atoms with Gasteiger partial charge >= 0.3 is 0 Å². The molecule has 23 heavy (non-hydrogen) atoms. The zero-order valence-corrected chi connectivity index (χ0v) is 15.5. The van der Waals surface area contributed by atoms with Crippen molar-refractivity contribution in [1.29, 1.82) is 0 Å². The van der Waals surface area contributed by atoms with Gasteiger partial charge in [-0.3, -0.25) is 4.79 Å². The Morgan fingerprint density at radius 1 is 1.26 bits per heavy atom. The summed E-state index contributed by atoms with van der Waals surface area (Å²) in [6.45, 7) is 3.08. The number of carbonyl (C=O) groups excluding carboxylic acids is 1. The minimum atomic E-state index is -0.356. The van der Waals surface area contributed by atoms with E-state index in [0.29, 0.717) is 5.92 Å². The number of halogens is 2. The molecule has 8 heteroatoms. The van der Waals surface area contributed by atoms with E-state index in [-0.39, 0.29) is 42.7 Å². The number of amides is 1. The Morgan fingerprint density at radius 3 is 2.48 bits per heavy atom. The Morgan fingerprint density at radius 2 is 1.91 bits per heavy atom. The van der Waals surface area contributed by atoms with Crippen LogP contribution in [0.5, 0.6) is 0 Å². The zero-order chi connectivity index (χ0) is 14.7. The molecule has 3 rings (SSSR count). The van der Waals surface area contributed by atoms with E-state index in [1.165, 1.54) is 5.01 Å². The molecule has 0 radical (unpaired) electrons. The molecule has 2 aliphatic rings. The number of nitrogens with zero attached hydrogens (tertiary/aromatic N) is 2. The summed E-state index contributed by atoms with van der Waals surface area (Å²) in [6.07, 6.45) is 5.67. The molecule has 1 aromatic rings. The molecule has 1 amide bonds. The van der Waals surface area contributed by atoms with Crippen LogP contribution in [0.2, 0.25) is 0 Å². The summed E-state index contributed by atoms with van der Waals surface area (Å²) < 4.78 is 5.34. The molecule has 2 fully saturated rings. The molecule has 1 unspecified atom stereocenters. The largest absolute Gasteiger partial charge is 0.381 e. The Bertz CT molecular complexity index is 461. The first-order chi connectivity index (χ1) is 10.3. The van der Waals surface area contributed by atoms with Gasteiger partial charge in [0.25, 0.3) is 0 Å². The fourth-order valence-electron chi connectivity index (χ4n) is 3.27. The van der Waals surface area contributed by atoms with Gasteiger partial charge in [0.05, 0.1) is 11.0 Å². The van der Waals surface area contributed by atoms with Gasteiger partial charge in [-0.15, -0.1) is 36.2 Å². The standard InChI is InChI=1S/C15H23N3O2S.2ClH/c16-13(11-3-8-20-9-4-11)15(19)18-6-1-12(2-7-18)14-17-5-10-21-14;;/h5,10-13H,1-4,6-9,16H2;2*1H. The SMILES string of the molecule is Cl.Cl.NC(C(=O)N1CCC(c2nccs2)CC1)C1CCOCC1. The van der Waals surface area contributed by atoms with Crippen LogP contribution >= 0.6 is 36.2 Å². The van der Waals surface area contributed by atoms with Crippen molar-refractivity contribution in [3.05, 3.63) is 16.6 Å². The topological polar surface area (TPSA) is 68.5 Å². The third-order valence-electron chi connectivity index (χ3n) is 4.67. The fraction of sp³-hybridized carbons (Fsp3) is 0.733. The minimum Gasteiger partial charge on any atom is -0.381 e. The van der Waals surface area contributed by atoms with Crippen LogP contribution in [-0.2, 0) is 9.53 Å². The molecule has 3 heterocycles. The van der Waals surface area contributed by atoms with E-state index >= 15 is 0 Å². The highest BCUT2D eigenvalue weighted by Crippen LogP contribution is 2.30. The maximum absolute atomic E-state index is 12.5. The number of hydrogen-bond acceptors (Lipinski definition) is 5. The van der Waals surface area contributed by atoms with Crippen LogP contribution < -0.4 is 5.73 Å². The van der Waals surface area contributed by atoms with Crippen LogP contribution in [0.25, 0.3) is 0 Å². The van der Waals surface area contributed by atoms with Gasteiger partial charge in [0.15, 0.2) is 0 Å². The molecule has 1 atom stereocenters. The monoisotopic (exact) mass is 381 g/mol. The van der Waals surface area contributed by atoms with E-state index in [2.05, 4.69) is 4.98 Å². The quantitative estimate of drug-likeness (QED) is 0.872. The van der Waals surface area contributed by atoms with Crippen LogP contribution in [-0.4, -0.2) is 48.1 Å². The molecule has 0 spiro atoms. The van der Waals surface area contributed by atoms with Crippen LogP contribution in [0.3, 0.4) is 0 Å². The van der Waals surface area contributed by atoms with Crippen molar-refractivity contribution in [2.45, 2.75) is 37.6 Å². The maximum Gasteiger partial charge on any atom is 0.239 e. The van der Waals surface area contributed by atoms with E-state index in [1.807, 2.05) is 16.5 Å². The van der Waals surface area contributed by atoms with Crippen molar-refractivity contribution in [1.82, 2.24) is 9.88 Å². The van der Waals surface area contributed by atoms with Gasteiger partial charge in [-0.1, -0.05) is 0 Å². The van der Waals surface area contributed by atoms with Crippen molar-refractivity contribution in [2.24, 2.45) is 11.7 Å². The lowest BCUT2D eigenvalue weighted by molar-refractivity contribution is -0.135. The summed E-state index contributed by atoms with van der Waals surface area (Å²) in [5, 5.41) is 3.23. The van der Waals surface area contributed by atoms with E-state index in [4.69, 9.17) is 10.5 Å². The number of likely N-dealkylation sites (tertiary alicyclic amines) is 1. The number of ether oxygens (including phenoxy) is 1. The first-order valence-corrected chi connectivity index (χ1v) is 8.65. The summed E-state index contributed by atoms with van der Waals surface area (Å²) in [7, 11) is 0. The Labute approximate surface area is 153 Å². The Balaban J connectivity index is 0.00000132. The Kier molecular flexibility index (Phi) is 8.79. The smallest absolute Gasteiger partial charge is 0.239 e. The van der Waals surface area contributed by atoms with Crippen molar-refractivity contribution in [3.63, 3.8) is 0 Å². The van der Waals surface area contributed by atoms with Gasteiger partial charge in [0.2, 0.25) is 5.91 Å². The molecule has 2 aliphatic heterocycles. The second kappa shape index (κ2) is 9.79. The molecule has 132 valence electrons. The number of piperidine rings is 1. The first-order valence-electron chi connectivity index (χ1n) is 7.77. The summed E-state index contributed by atoms with van der Waals surface area (Å²) in [6, 6.07) is -0.356. The van der Waals surface area contributed by atoms with E-state index in [0.717, 1.165) is 52.0 Å². The minimum absolute atomic E-state index is 0. The predicted molar refractivity (Wildman–Crippen MR) is 96.7 cm³/mol. The average Bonchev–Trinajstić information content (AvgIpc) is 3.09. The van der Waals surface area contributed by atoms with E-state index in [9.17, 15) is 4.79 Å². The third-order valence-corrected chi connectivity index (χ3v) is 5.60. The molecular formula is C15H25Cl2N3O2S. The summed E-state index contributed by atoms with van der Waals surface area (Å²) in [5.41, 5.74) is 6.19. The summed E-state index contributed by atoms with van der Waals surface area (Å²) >= 11 is 1.71. The van der Waals surface area contributed by atoms with Crippen LogP contribution in [0, 0.1) is 5.92 Å². The number of carbonyl (C=O) groups is 1. The summed E-state index contributed by atoms with van der Waals surface area (Å²) in [5.74, 6) is 0.913. The number of rotatable bonds is 3. The number of hydrogen-bond donors (Lipinski definition) is 1. The molecule has 2 saturated heterocycles. The lowest BCUT2D eigenvalue weighted by atomic mass is 9.90. The summed E-state index contributed by atoms with van der Waals surface area (Å²) in [4.78, 5) is 18.9. The van der Waals surface area contributed by atoms with Gasteiger partial charge in [-0.05, 0) is 31.6 Å². The molecule has 0 bridgehead atoms. The number of nitrogens with two attached hydrogens (primary N) is 1. The molecule has 5 nitrogen and oxygen atoms in total. The molecule has 2 N–H and O–H groups in total. The molecular weight excluding hydrogens is 357 g/mol. The molecule has 0 aliphatic carbocycles. The highest BCUT2D eigenvalue weighted by molar-refractivity contribution is 7.09. The van der Waals surface area contributed by atoms with E-state index in [1.54, 1.807) is 11.3 Å². The van der Waals surface area contributed by atoms with Crippen molar-refractivity contribution in [2.75, 3.05) is 26.3 Å². The Hall–Kier alpha value is -0.400. The van der Waals surface area contributed by atoms with Crippen LogP contribution in [0.4, 0.5) is 0 Å². The highest BCUT2D eigenvalue weighted by atomic mass is 35.5. The van der Waals surface area contributed by atoms with Gasteiger partial charge < -0.3 is 15.4 Å². The zero-order valence-electron chi connectivity index (χ0n) is 13.1. The predicted octanol–water partition coefficient (Wildman–Crippen LogP) is 2.45. The highest BCUT2D eigenvalue weighted by Gasteiger charge is 2.32. The second-order valence-corrected chi connectivity index (χ2v) is 6.87.